The van der Waals surface area contributed by atoms with Gasteiger partial charge in [-0.1, -0.05) is 37.6 Å². The van der Waals surface area contributed by atoms with Crippen LogP contribution in [0, 0.1) is 12.7 Å². The normalized spacial score (nSPS) is 13.0. The minimum Gasteiger partial charge on any atom is -0.383 e. The van der Waals surface area contributed by atoms with Crippen LogP contribution in [0.5, 0.6) is 0 Å². The SMILES string of the molecule is Cc1ccc(C(O)c2c(C(C)C)nn(C)c2Cl)cc1F. The Morgan fingerprint density at radius 3 is 2.55 bits per heavy atom. The van der Waals surface area contributed by atoms with Gasteiger partial charge in [0.15, 0.2) is 0 Å². The van der Waals surface area contributed by atoms with Crippen LogP contribution >= 0.6 is 11.6 Å². The quantitative estimate of drug-likeness (QED) is 0.937. The van der Waals surface area contributed by atoms with Gasteiger partial charge in [-0.15, -0.1) is 0 Å². The summed E-state index contributed by atoms with van der Waals surface area (Å²) in [5.74, 6) is -0.221. The molecule has 0 aliphatic carbocycles. The van der Waals surface area contributed by atoms with Crippen molar-refractivity contribution in [2.24, 2.45) is 7.05 Å². The summed E-state index contributed by atoms with van der Waals surface area (Å²) in [6.45, 7) is 5.64. The molecule has 108 valence electrons. The summed E-state index contributed by atoms with van der Waals surface area (Å²) in [7, 11) is 1.72. The standard InChI is InChI=1S/C15H18ClFN2O/c1-8(2)13-12(15(16)19(4)18-13)14(20)10-6-5-9(3)11(17)7-10/h5-8,14,20H,1-4H3. The van der Waals surface area contributed by atoms with E-state index in [0.717, 1.165) is 5.69 Å². The fourth-order valence-corrected chi connectivity index (χ4v) is 2.40. The molecule has 2 aromatic rings. The van der Waals surface area contributed by atoms with Crippen LogP contribution in [0.1, 0.15) is 48.3 Å². The third-order valence-electron chi connectivity index (χ3n) is 3.37. The van der Waals surface area contributed by atoms with Crippen molar-refractivity contribution in [3.8, 4) is 0 Å². The first kappa shape index (κ1) is 15.0. The number of aromatic nitrogens is 2. The van der Waals surface area contributed by atoms with E-state index in [1.54, 1.807) is 26.1 Å². The molecule has 1 aromatic heterocycles. The van der Waals surface area contributed by atoms with Gasteiger partial charge in [0.05, 0.1) is 5.69 Å². The highest BCUT2D eigenvalue weighted by Crippen LogP contribution is 2.34. The predicted molar refractivity (Wildman–Crippen MR) is 77.5 cm³/mol. The second-order valence-corrected chi connectivity index (χ2v) is 5.64. The van der Waals surface area contributed by atoms with Crippen molar-refractivity contribution in [3.63, 3.8) is 0 Å². The lowest BCUT2D eigenvalue weighted by molar-refractivity contribution is 0.218. The minimum atomic E-state index is -0.983. The Labute approximate surface area is 123 Å². The van der Waals surface area contributed by atoms with Gasteiger partial charge in [0, 0.05) is 12.6 Å². The number of halogens is 2. The molecule has 0 bridgehead atoms. The summed E-state index contributed by atoms with van der Waals surface area (Å²) < 4.78 is 15.2. The molecule has 0 saturated heterocycles. The van der Waals surface area contributed by atoms with Crippen molar-refractivity contribution in [2.45, 2.75) is 32.8 Å². The maximum absolute atomic E-state index is 13.7. The van der Waals surface area contributed by atoms with Gasteiger partial charge in [-0.05, 0) is 30.0 Å². The smallest absolute Gasteiger partial charge is 0.133 e. The van der Waals surface area contributed by atoms with Crippen LogP contribution in [0.2, 0.25) is 5.15 Å². The molecule has 0 spiro atoms. The molecule has 1 heterocycles. The van der Waals surface area contributed by atoms with Crippen molar-refractivity contribution in [2.75, 3.05) is 0 Å². The number of hydrogen-bond donors (Lipinski definition) is 1. The summed E-state index contributed by atoms with van der Waals surface area (Å²) in [5, 5.41) is 15.2. The number of nitrogens with zero attached hydrogens (tertiary/aromatic N) is 2. The minimum absolute atomic E-state index is 0.119. The molecule has 0 fully saturated rings. The van der Waals surface area contributed by atoms with Crippen molar-refractivity contribution in [1.82, 2.24) is 9.78 Å². The molecular formula is C15H18ClFN2O. The molecular weight excluding hydrogens is 279 g/mol. The summed E-state index contributed by atoms with van der Waals surface area (Å²) in [6.07, 6.45) is -0.983. The summed E-state index contributed by atoms with van der Waals surface area (Å²) in [4.78, 5) is 0. The lowest BCUT2D eigenvalue weighted by atomic mass is 9.97. The van der Waals surface area contributed by atoms with Crippen LogP contribution < -0.4 is 0 Å². The molecule has 1 unspecified atom stereocenters. The number of aliphatic hydroxyl groups is 1. The zero-order valence-electron chi connectivity index (χ0n) is 12.0. The second kappa shape index (κ2) is 5.54. The van der Waals surface area contributed by atoms with E-state index in [9.17, 15) is 9.50 Å². The van der Waals surface area contributed by atoms with E-state index in [1.165, 1.54) is 10.7 Å². The molecule has 0 aliphatic heterocycles. The van der Waals surface area contributed by atoms with Crippen LogP contribution in [0.15, 0.2) is 18.2 Å². The molecule has 0 amide bonds. The first-order valence-electron chi connectivity index (χ1n) is 6.49. The van der Waals surface area contributed by atoms with E-state index in [0.29, 0.717) is 21.8 Å². The Kier molecular flexibility index (Phi) is 4.16. The summed E-state index contributed by atoms with van der Waals surface area (Å²) in [5.41, 5.74) is 2.30. The molecule has 1 atom stereocenters. The van der Waals surface area contributed by atoms with E-state index in [1.807, 2.05) is 13.8 Å². The highest BCUT2D eigenvalue weighted by atomic mass is 35.5. The number of aryl methyl sites for hydroxylation is 2. The van der Waals surface area contributed by atoms with Crippen LogP contribution in [-0.4, -0.2) is 14.9 Å². The molecule has 20 heavy (non-hydrogen) atoms. The molecule has 2 rings (SSSR count). The molecule has 0 saturated carbocycles. The Bertz CT molecular complexity index is 637. The van der Waals surface area contributed by atoms with Crippen LogP contribution in [0.25, 0.3) is 0 Å². The fourth-order valence-electron chi connectivity index (χ4n) is 2.16. The van der Waals surface area contributed by atoms with E-state index in [2.05, 4.69) is 5.10 Å². The lowest BCUT2D eigenvalue weighted by Crippen LogP contribution is -2.05. The molecule has 5 heteroatoms. The van der Waals surface area contributed by atoms with E-state index >= 15 is 0 Å². The molecule has 3 nitrogen and oxygen atoms in total. The highest BCUT2D eigenvalue weighted by molar-refractivity contribution is 6.30. The Balaban J connectivity index is 2.52. The van der Waals surface area contributed by atoms with Gasteiger partial charge < -0.3 is 5.11 Å². The second-order valence-electron chi connectivity index (χ2n) is 5.28. The predicted octanol–water partition coefficient (Wildman–Crippen LogP) is 3.73. The fraction of sp³-hybridized carbons (Fsp3) is 0.400. The van der Waals surface area contributed by atoms with Crippen molar-refractivity contribution in [3.05, 3.63) is 51.6 Å². The maximum atomic E-state index is 13.7. The van der Waals surface area contributed by atoms with Gasteiger partial charge in [-0.2, -0.15) is 5.10 Å². The van der Waals surface area contributed by atoms with Crippen LogP contribution in [0.3, 0.4) is 0 Å². The summed E-state index contributed by atoms with van der Waals surface area (Å²) in [6, 6.07) is 4.69. The highest BCUT2D eigenvalue weighted by Gasteiger charge is 2.25. The molecule has 1 N–H and O–H groups in total. The first-order chi connectivity index (χ1) is 9.32. The van der Waals surface area contributed by atoms with Crippen molar-refractivity contribution < 1.29 is 9.50 Å². The third kappa shape index (κ3) is 2.58. The van der Waals surface area contributed by atoms with Gasteiger partial charge >= 0.3 is 0 Å². The van der Waals surface area contributed by atoms with E-state index in [4.69, 9.17) is 11.6 Å². The lowest BCUT2D eigenvalue weighted by Gasteiger charge is -2.14. The van der Waals surface area contributed by atoms with Gasteiger partial charge in [-0.3, -0.25) is 4.68 Å². The zero-order valence-corrected chi connectivity index (χ0v) is 12.7. The monoisotopic (exact) mass is 296 g/mol. The molecule has 0 aliphatic rings. The zero-order chi connectivity index (χ0) is 15.0. The number of aliphatic hydroxyl groups excluding tert-OH is 1. The van der Waals surface area contributed by atoms with Gasteiger partial charge in [0.25, 0.3) is 0 Å². The topological polar surface area (TPSA) is 38.1 Å². The van der Waals surface area contributed by atoms with Gasteiger partial charge in [0.1, 0.15) is 17.1 Å². The molecule has 1 aromatic carbocycles. The maximum Gasteiger partial charge on any atom is 0.133 e. The van der Waals surface area contributed by atoms with E-state index in [-0.39, 0.29) is 11.7 Å². The largest absolute Gasteiger partial charge is 0.383 e. The summed E-state index contributed by atoms with van der Waals surface area (Å²) >= 11 is 6.22. The Hall–Kier alpha value is -1.39. The van der Waals surface area contributed by atoms with Gasteiger partial charge in [-0.25, -0.2) is 4.39 Å². The number of hydrogen-bond acceptors (Lipinski definition) is 2. The van der Waals surface area contributed by atoms with Gasteiger partial charge in [0.2, 0.25) is 0 Å². The van der Waals surface area contributed by atoms with Crippen molar-refractivity contribution >= 4 is 11.6 Å². The van der Waals surface area contributed by atoms with Crippen LogP contribution in [0.4, 0.5) is 4.39 Å². The average Bonchev–Trinajstić information content (AvgIpc) is 2.69. The van der Waals surface area contributed by atoms with Crippen LogP contribution in [-0.2, 0) is 7.05 Å². The van der Waals surface area contributed by atoms with Crippen molar-refractivity contribution in [1.29, 1.82) is 0 Å². The number of benzene rings is 1. The number of rotatable bonds is 3. The third-order valence-corrected chi connectivity index (χ3v) is 3.82. The molecule has 0 radical (unpaired) electrons. The first-order valence-corrected chi connectivity index (χ1v) is 6.87. The Morgan fingerprint density at radius 2 is 2.00 bits per heavy atom. The Morgan fingerprint density at radius 1 is 1.35 bits per heavy atom. The average molecular weight is 297 g/mol. The van der Waals surface area contributed by atoms with E-state index < -0.39 is 6.10 Å².